The Morgan fingerprint density at radius 2 is 1.84 bits per heavy atom. The molecule has 1 atom stereocenters. The van der Waals surface area contributed by atoms with E-state index in [0.29, 0.717) is 22.6 Å². The first-order valence-corrected chi connectivity index (χ1v) is 10.6. The van der Waals surface area contributed by atoms with Gasteiger partial charge in [0.05, 0.1) is 21.8 Å². The van der Waals surface area contributed by atoms with Gasteiger partial charge >= 0.3 is 5.97 Å². The average molecular weight is 443 g/mol. The number of anilines is 1. The molecule has 1 N–H and O–H groups in total. The number of nitrogens with zero attached hydrogens (tertiary/aromatic N) is 3. The van der Waals surface area contributed by atoms with Crippen LogP contribution in [0.4, 0.5) is 5.69 Å². The van der Waals surface area contributed by atoms with Crippen LogP contribution in [-0.4, -0.2) is 27.8 Å². The van der Waals surface area contributed by atoms with Crippen LogP contribution in [0.15, 0.2) is 78.2 Å². The molecule has 0 spiro atoms. The predicted octanol–water partition coefficient (Wildman–Crippen LogP) is 4.66. The first-order chi connectivity index (χ1) is 15.6. The predicted molar refractivity (Wildman–Crippen MR) is 122 cm³/mol. The Bertz CT molecular complexity index is 1290. The quantitative estimate of drug-likeness (QED) is 0.438. The third kappa shape index (κ3) is 4.43. The standard InChI is InChI=1S/C24H18N4O3S/c1-16(23(29)26-19-11-6-5-8-17(19)15-25)31-24(30)21-14-20(22-12-7-13-32-22)27-28(21)18-9-3-2-4-10-18/h2-14,16H,1H3,(H,26,29). The molecule has 0 saturated heterocycles. The SMILES string of the molecule is CC(OC(=O)c1cc(-c2cccs2)nn1-c1ccccc1)C(=O)Nc1ccccc1C#N. The number of thiophene rings is 1. The Balaban J connectivity index is 1.57. The third-order valence-corrected chi connectivity index (χ3v) is 5.54. The molecule has 0 fully saturated rings. The largest absolute Gasteiger partial charge is 0.448 e. The zero-order chi connectivity index (χ0) is 22.5. The van der Waals surface area contributed by atoms with Gasteiger partial charge in [0.15, 0.2) is 11.8 Å². The summed E-state index contributed by atoms with van der Waals surface area (Å²) in [7, 11) is 0. The Morgan fingerprint density at radius 1 is 1.09 bits per heavy atom. The van der Waals surface area contributed by atoms with Crippen molar-refractivity contribution in [3.63, 3.8) is 0 Å². The van der Waals surface area contributed by atoms with Gasteiger partial charge in [-0.3, -0.25) is 4.79 Å². The van der Waals surface area contributed by atoms with E-state index in [4.69, 9.17) is 4.74 Å². The summed E-state index contributed by atoms with van der Waals surface area (Å²) in [6.07, 6.45) is -1.08. The van der Waals surface area contributed by atoms with Crippen LogP contribution in [-0.2, 0) is 9.53 Å². The Morgan fingerprint density at radius 3 is 2.56 bits per heavy atom. The van der Waals surface area contributed by atoms with E-state index in [9.17, 15) is 14.9 Å². The molecule has 0 aliphatic rings. The number of amides is 1. The Kier molecular flexibility index (Phi) is 6.10. The maximum atomic E-state index is 13.0. The maximum Gasteiger partial charge on any atom is 0.357 e. The molecule has 1 amide bonds. The van der Waals surface area contributed by atoms with E-state index in [0.717, 1.165) is 4.88 Å². The summed E-state index contributed by atoms with van der Waals surface area (Å²) >= 11 is 1.51. The molecule has 0 saturated carbocycles. The zero-order valence-electron chi connectivity index (χ0n) is 17.1. The Hall–Kier alpha value is -4.22. The number of carbonyl (C=O) groups is 2. The topological polar surface area (TPSA) is 97.0 Å². The van der Waals surface area contributed by atoms with Crippen molar-refractivity contribution >= 4 is 28.9 Å². The molecular formula is C24H18N4O3S. The molecule has 0 aliphatic heterocycles. The second-order valence-corrected chi connectivity index (χ2v) is 7.78. The smallest absolute Gasteiger partial charge is 0.357 e. The lowest BCUT2D eigenvalue weighted by molar-refractivity contribution is -0.123. The molecule has 32 heavy (non-hydrogen) atoms. The number of aromatic nitrogens is 2. The average Bonchev–Trinajstić information content (AvgIpc) is 3.50. The van der Waals surface area contributed by atoms with Gasteiger partial charge in [-0.05, 0) is 42.6 Å². The number of hydrogen-bond acceptors (Lipinski definition) is 6. The monoisotopic (exact) mass is 442 g/mol. The molecule has 2 aromatic heterocycles. The fourth-order valence-corrected chi connectivity index (χ4v) is 3.72. The number of carbonyl (C=O) groups excluding carboxylic acids is 2. The number of para-hydroxylation sites is 2. The first-order valence-electron chi connectivity index (χ1n) is 9.77. The lowest BCUT2D eigenvalue weighted by Crippen LogP contribution is -2.30. The van der Waals surface area contributed by atoms with Crippen molar-refractivity contribution in [3.05, 3.63) is 89.4 Å². The highest BCUT2D eigenvalue weighted by molar-refractivity contribution is 7.13. The van der Waals surface area contributed by atoms with Crippen molar-refractivity contribution in [2.75, 3.05) is 5.32 Å². The van der Waals surface area contributed by atoms with Gasteiger partial charge < -0.3 is 10.1 Å². The maximum absolute atomic E-state index is 13.0. The van der Waals surface area contributed by atoms with E-state index in [2.05, 4.69) is 10.4 Å². The van der Waals surface area contributed by atoms with Crippen LogP contribution in [0.1, 0.15) is 23.0 Å². The summed E-state index contributed by atoms with van der Waals surface area (Å²) in [6, 6.07) is 23.3. The molecule has 4 rings (SSSR count). The fraction of sp³-hybridized carbons (Fsp3) is 0.0833. The molecule has 4 aromatic rings. The number of nitrogens with one attached hydrogen (secondary N) is 1. The van der Waals surface area contributed by atoms with Gasteiger partial charge in [0.2, 0.25) is 0 Å². The summed E-state index contributed by atoms with van der Waals surface area (Å²) in [4.78, 5) is 26.5. The molecule has 1 unspecified atom stereocenters. The van der Waals surface area contributed by atoms with E-state index in [-0.39, 0.29) is 5.69 Å². The van der Waals surface area contributed by atoms with Crippen molar-refractivity contribution in [1.82, 2.24) is 9.78 Å². The normalized spacial score (nSPS) is 11.4. The van der Waals surface area contributed by atoms with Crippen LogP contribution in [0.5, 0.6) is 0 Å². The van der Waals surface area contributed by atoms with Crippen LogP contribution < -0.4 is 5.32 Å². The highest BCUT2D eigenvalue weighted by atomic mass is 32.1. The van der Waals surface area contributed by atoms with Crippen LogP contribution in [0.3, 0.4) is 0 Å². The van der Waals surface area contributed by atoms with Crippen LogP contribution in [0.25, 0.3) is 16.3 Å². The second-order valence-electron chi connectivity index (χ2n) is 6.83. The fourth-order valence-electron chi connectivity index (χ4n) is 3.04. The number of hydrogen-bond donors (Lipinski definition) is 1. The van der Waals surface area contributed by atoms with Gasteiger partial charge in [0.1, 0.15) is 11.8 Å². The van der Waals surface area contributed by atoms with E-state index >= 15 is 0 Å². The molecule has 8 heteroatoms. The van der Waals surface area contributed by atoms with Crippen LogP contribution in [0, 0.1) is 11.3 Å². The van der Waals surface area contributed by atoms with Crippen molar-refractivity contribution in [3.8, 4) is 22.3 Å². The number of ether oxygens (including phenoxy) is 1. The number of rotatable bonds is 6. The molecule has 7 nitrogen and oxygen atoms in total. The summed E-state index contributed by atoms with van der Waals surface area (Å²) in [5, 5.41) is 18.3. The van der Waals surface area contributed by atoms with Crippen molar-refractivity contribution in [2.24, 2.45) is 0 Å². The minimum Gasteiger partial charge on any atom is -0.448 e. The molecule has 0 bridgehead atoms. The van der Waals surface area contributed by atoms with Gasteiger partial charge in [-0.1, -0.05) is 36.4 Å². The number of nitriles is 1. The molecule has 2 heterocycles. The van der Waals surface area contributed by atoms with Crippen molar-refractivity contribution in [2.45, 2.75) is 13.0 Å². The van der Waals surface area contributed by atoms with Crippen molar-refractivity contribution < 1.29 is 14.3 Å². The summed E-state index contributed by atoms with van der Waals surface area (Å²) in [5.41, 5.74) is 2.22. The van der Waals surface area contributed by atoms with E-state index in [1.165, 1.54) is 22.9 Å². The lowest BCUT2D eigenvalue weighted by atomic mass is 10.2. The Labute approximate surface area is 188 Å². The van der Waals surface area contributed by atoms with E-state index < -0.39 is 18.0 Å². The summed E-state index contributed by atoms with van der Waals surface area (Å²) in [6.45, 7) is 1.48. The van der Waals surface area contributed by atoms with E-state index in [1.807, 2.05) is 53.9 Å². The zero-order valence-corrected chi connectivity index (χ0v) is 17.9. The van der Waals surface area contributed by atoms with Crippen molar-refractivity contribution in [1.29, 1.82) is 5.26 Å². The minimum atomic E-state index is -1.08. The van der Waals surface area contributed by atoms with Crippen LogP contribution in [0.2, 0.25) is 0 Å². The van der Waals surface area contributed by atoms with Gasteiger partial charge in [-0.2, -0.15) is 10.4 Å². The van der Waals surface area contributed by atoms with Gasteiger partial charge in [-0.15, -0.1) is 11.3 Å². The highest BCUT2D eigenvalue weighted by Gasteiger charge is 2.24. The summed E-state index contributed by atoms with van der Waals surface area (Å²) in [5.74, 6) is -1.22. The van der Waals surface area contributed by atoms with E-state index in [1.54, 1.807) is 30.3 Å². The molecule has 158 valence electrons. The number of esters is 1. The minimum absolute atomic E-state index is 0.205. The van der Waals surface area contributed by atoms with Gasteiger partial charge in [-0.25, -0.2) is 9.48 Å². The van der Waals surface area contributed by atoms with Gasteiger partial charge in [0.25, 0.3) is 5.91 Å². The van der Waals surface area contributed by atoms with Gasteiger partial charge in [0, 0.05) is 6.07 Å². The summed E-state index contributed by atoms with van der Waals surface area (Å²) < 4.78 is 6.95. The third-order valence-electron chi connectivity index (χ3n) is 4.65. The second kappa shape index (κ2) is 9.29. The molecular weight excluding hydrogens is 424 g/mol. The molecule has 0 radical (unpaired) electrons. The number of benzene rings is 2. The molecule has 2 aromatic carbocycles. The highest BCUT2D eigenvalue weighted by Crippen LogP contribution is 2.26. The molecule has 0 aliphatic carbocycles. The van der Waals surface area contributed by atoms with Crippen LogP contribution >= 0.6 is 11.3 Å². The lowest BCUT2D eigenvalue weighted by Gasteiger charge is -2.14. The first kappa shape index (κ1) is 21.0.